The third-order valence-corrected chi connectivity index (χ3v) is 8.70. The number of ether oxygens (including phenoxy) is 3. The maximum absolute atomic E-state index is 13.1. The van der Waals surface area contributed by atoms with Gasteiger partial charge in [-0.05, 0) is 82.3 Å². The van der Waals surface area contributed by atoms with Crippen LogP contribution in [-0.2, 0) is 20.4 Å². The molecule has 3 saturated heterocycles. The van der Waals surface area contributed by atoms with Crippen molar-refractivity contribution in [3.63, 3.8) is 0 Å². The molecular weight excluding hydrogens is 543 g/mol. The summed E-state index contributed by atoms with van der Waals surface area (Å²) in [4.78, 5) is 15.1. The molecule has 1 aliphatic carbocycles. The summed E-state index contributed by atoms with van der Waals surface area (Å²) in [6.45, 7) is 5.65. The Balaban J connectivity index is 1.32. The van der Waals surface area contributed by atoms with Gasteiger partial charge in [0.2, 0.25) is 12.2 Å². The van der Waals surface area contributed by atoms with E-state index in [-0.39, 0.29) is 0 Å². The zero-order valence-corrected chi connectivity index (χ0v) is 23.5. The smallest absolute Gasteiger partial charge is 0.416 e. The van der Waals surface area contributed by atoms with Gasteiger partial charge in [0, 0.05) is 10.6 Å². The van der Waals surface area contributed by atoms with Crippen molar-refractivity contribution in [1.29, 1.82) is 0 Å². The van der Waals surface area contributed by atoms with Crippen molar-refractivity contribution in [2.24, 2.45) is 5.41 Å². The quantitative estimate of drug-likeness (QED) is 0.295. The normalized spacial score (nSPS) is 26.5. The Morgan fingerprint density at radius 2 is 1.98 bits per heavy atom. The molecule has 3 heterocycles. The number of hydrogen-bond donors (Lipinski definition) is 1. The largest absolute Gasteiger partial charge is 0.479 e. The molecule has 4 aliphatic rings. The first-order valence-corrected chi connectivity index (χ1v) is 14.0. The number of thioether (sulfide) groups is 1. The van der Waals surface area contributed by atoms with E-state index in [1.165, 1.54) is 12.1 Å². The number of carbonyl (C=O) groups is 1. The minimum absolute atomic E-state index is 0.296. The minimum atomic E-state index is -4.39. The summed E-state index contributed by atoms with van der Waals surface area (Å²) < 4.78 is 56.5. The molecule has 0 aromatic heterocycles. The highest BCUT2D eigenvalue weighted by Gasteiger charge is 2.70. The number of alkyl halides is 3. The zero-order chi connectivity index (χ0) is 28.7. The molecule has 7 nitrogen and oxygen atoms in total. The molecule has 6 rings (SSSR count). The van der Waals surface area contributed by atoms with Crippen LogP contribution in [0.15, 0.2) is 71.7 Å². The summed E-state index contributed by atoms with van der Waals surface area (Å²) in [6, 6.07) is 10.9. The fraction of sp³-hybridized carbons (Fsp3) is 0.414. The number of hydrazine groups is 1. The lowest BCUT2D eigenvalue weighted by molar-refractivity contribution is -0.341. The van der Waals surface area contributed by atoms with E-state index in [2.05, 4.69) is 22.5 Å². The first-order chi connectivity index (χ1) is 19.0. The monoisotopic (exact) mass is 575 g/mol. The number of nitrogens with one attached hydrogen (secondary N) is 1. The Morgan fingerprint density at radius 3 is 2.58 bits per heavy atom. The van der Waals surface area contributed by atoms with Crippen molar-refractivity contribution < 1.29 is 32.2 Å². The fourth-order valence-electron chi connectivity index (χ4n) is 5.23. The van der Waals surface area contributed by atoms with Gasteiger partial charge in [0.25, 0.3) is 0 Å². The average Bonchev–Trinajstić information content (AvgIpc) is 3.49. The summed E-state index contributed by atoms with van der Waals surface area (Å²) in [5.74, 6) is 0.00337. The van der Waals surface area contributed by atoms with Crippen molar-refractivity contribution in [1.82, 2.24) is 10.3 Å². The second-order valence-corrected chi connectivity index (χ2v) is 11.1. The Morgan fingerprint density at radius 1 is 1.23 bits per heavy atom. The van der Waals surface area contributed by atoms with E-state index >= 15 is 0 Å². The number of esters is 1. The van der Waals surface area contributed by atoms with Gasteiger partial charge in [-0.2, -0.15) is 18.6 Å². The maximum Gasteiger partial charge on any atom is 0.416 e. The van der Waals surface area contributed by atoms with Crippen molar-refractivity contribution >= 4 is 23.4 Å². The molecule has 40 heavy (non-hydrogen) atoms. The van der Waals surface area contributed by atoms with Crippen molar-refractivity contribution in [3.05, 3.63) is 77.9 Å². The molecule has 0 saturated carbocycles. The number of allylic oxidation sites excluding steroid dienone is 3. The Bertz CT molecular complexity index is 1320. The number of benzene rings is 2. The molecule has 0 spiro atoms. The van der Waals surface area contributed by atoms with Gasteiger partial charge >= 0.3 is 12.1 Å². The van der Waals surface area contributed by atoms with Gasteiger partial charge in [-0.15, -0.1) is 11.8 Å². The number of aryl methyl sites for hydroxylation is 1. The summed E-state index contributed by atoms with van der Waals surface area (Å²) >= 11 is 1.67. The van der Waals surface area contributed by atoms with Crippen LogP contribution in [0.3, 0.4) is 0 Å². The second-order valence-electron chi connectivity index (χ2n) is 10.1. The standard InChI is InChI=1S/C29H32F3N3O4S/c1-5-37-25(36)20(3)38-24-14-13-23(17-19(24)2)40-18-27(15-7-6-8-16-27)29-33-35(26(39-29)34(29)4)22-11-9-21(10-12-22)28(30,31)32/h6-15,17,20,26,33H,5,16,18H2,1-4H3. The van der Waals surface area contributed by atoms with Gasteiger partial charge in [-0.25, -0.2) is 9.69 Å². The molecule has 2 bridgehead atoms. The minimum Gasteiger partial charge on any atom is -0.479 e. The van der Waals surface area contributed by atoms with Crippen molar-refractivity contribution in [3.8, 4) is 5.75 Å². The van der Waals surface area contributed by atoms with Gasteiger partial charge in [0.05, 0.1) is 23.3 Å². The molecule has 214 valence electrons. The lowest BCUT2D eigenvalue weighted by atomic mass is 9.76. The van der Waals surface area contributed by atoms with Crippen LogP contribution in [0.4, 0.5) is 18.9 Å². The number of halogens is 3. The summed E-state index contributed by atoms with van der Waals surface area (Å²) in [5, 5.41) is 1.78. The van der Waals surface area contributed by atoms with Crippen molar-refractivity contribution in [2.45, 2.75) is 56.6 Å². The first-order valence-electron chi connectivity index (χ1n) is 13.1. The lowest BCUT2D eigenvalue weighted by Crippen LogP contribution is -2.72. The van der Waals surface area contributed by atoms with E-state index in [0.29, 0.717) is 30.2 Å². The number of fused-ring (bicyclic) bond motifs is 1. The number of rotatable bonds is 9. The fourth-order valence-corrected chi connectivity index (χ4v) is 6.49. The predicted octanol–water partition coefficient (Wildman–Crippen LogP) is 5.86. The van der Waals surface area contributed by atoms with E-state index in [1.54, 1.807) is 30.6 Å². The van der Waals surface area contributed by atoms with Crippen LogP contribution in [0.2, 0.25) is 0 Å². The van der Waals surface area contributed by atoms with Crippen LogP contribution in [0.1, 0.15) is 31.4 Å². The molecule has 4 atom stereocenters. The maximum atomic E-state index is 13.1. The van der Waals surface area contributed by atoms with E-state index < -0.39 is 41.4 Å². The molecule has 3 fully saturated rings. The average molecular weight is 576 g/mol. The third-order valence-electron chi connectivity index (χ3n) is 7.45. The second kappa shape index (κ2) is 10.8. The Labute approximate surface area is 235 Å². The van der Waals surface area contributed by atoms with Crippen LogP contribution in [0.25, 0.3) is 0 Å². The third kappa shape index (κ3) is 5.00. The zero-order valence-electron chi connectivity index (χ0n) is 22.7. The van der Waals surface area contributed by atoms with Crippen LogP contribution in [0, 0.1) is 12.3 Å². The summed E-state index contributed by atoms with van der Waals surface area (Å²) in [6.07, 6.45) is 3.40. The molecule has 2 aromatic carbocycles. The van der Waals surface area contributed by atoms with Gasteiger partial charge in [0.15, 0.2) is 6.10 Å². The van der Waals surface area contributed by atoms with Crippen LogP contribution in [0.5, 0.6) is 5.75 Å². The molecular formula is C29H32F3N3O4S. The number of nitrogens with zero attached hydrogens (tertiary/aromatic N) is 2. The highest BCUT2D eigenvalue weighted by molar-refractivity contribution is 7.99. The number of carbonyl (C=O) groups excluding carboxylic acids is 1. The number of hydrogen-bond acceptors (Lipinski definition) is 8. The molecule has 1 N–H and O–H groups in total. The molecule has 3 aliphatic heterocycles. The number of anilines is 1. The van der Waals surface area contributed by atoms with Gasteiger partial charge in [0.1, 0.15) is 5.75 Å². The summed E-state index contributed by atoms with van der Waals surface area (Å²) in [7, 11) is 1.95. The van der Waals surface area contributed by atoms with Crippen LogP contribution >= 0.6 is 11.8 Å². The van der Waals surface area contributed by atoms with E-state index in [0.717, 1.165) is 22.6 Å². The van der Waals surface area contributed by atoms with Crippen LogP contribution < -0.4 is 15.2 Å². The van der Waals surface area contributed by atoms with Crippen molar-refractivity contribution in [2.75, 3.05) is 24.4 Å². The summed E-state index contributed by atoms with van der Waals surface area (Å²) in [5.41, 5.74) is 3.79. The molecule has 0 radical (unpaired) electrons. The molecule has 11 heteroatoms. The van der Waals surface area contributed by atoms with E-state index in [9.17, 15) is 18.0 Å². The first kappa shape index (κ1) is 28.5. The van der Waals surface area contributed by atoms with E-state index in [1.807, 2.05) is 44.3 Å². The highest BCUT2D eigenvalue weighted by atomic mass is 32.2. The van der Waals surface area contributed by atoms with Crippen LogP contribution in [-0.4, -0.2) is 48.6 Å². The Hall–Kier alpha value is -2.99. The van der Waals surface area contributed by atoms with Gasteiger partial charge in [-0.3, -0.25) is 5.01 Å². The Kier molecular flexibility index (Phi) is 7.68. The molecule has 2 aromatic rings. The van der Waals surface area contributed by atoms with E-state index in [4.69, 9.17) is 14.2 Å². The predicted molar refractivity (Wildman–Crippen MR) is 146 cm³/mol. The SMILES string of the molecule is CCOC(=O)C(C)Oc1ccc(SCC2(C34NN(c5ccc(C(F)(F)F)cc5)C(O3)N4C)C=CC=CC2)cc1C. The molecule has 4 unspecified atom stereocenters. The highest BCUT2D eigenvalue weighted by Crippen LogP contribution is 2.55. The van der Waals surface area contributed by atoms with Gasteiger partial charge in [-0.1, -0.05) is 24.3 Å². The lowest BCUT2D eigenvalue weighted by Gasteiger charge is -2.55. The molecule has 0 amide bonds. The topological polar surface area (TPSA) is 63.3 Å². The van der Waals surface area contributed by atoms with Gasteiger partial charge < -0.3 is 14.2 Å².